The molecule has 0 saturated heterocycles. The van der Waals surface area contributed by atoms with E-state index in [1.807, 2.05) is 0 Å². The van der Waals surface area contributed by atoms with E-state index >= 15 is 0 Å². The Kier molecular flexibility index (Phi) is 4.57. The van der Waals surface area contributed by atoms with E-state index in [0.29, 0.717) is 12.8 Å². The first-order valence-corrected chi connectivity index (χ1v) is 8.26. The van der Waals surface area contributed by atoms with Gasteiger partial charge in [0.1, 0.15) is 11.5 Å². The lowest BCUT2D eigenvalue weighted by molar-refractivity contribution is -0.145. The Morgan fingerprint density at radius 2 is 2.08 bits per heavy atom. The molecule has 1 aromatic heterocycles. The number of nitrogens with one attached hydrogen (secondary N) is 1. The molecule has 2 aromatic rings. The zero-order chi connectivity index (χ0) is 18.0. The number of amides is 1. The van der Waals surface area contributed by atoms with Gasteiger partial charge in [-0.15, -0.1) is 0 Å². The fourth-order valence-electron chi connectivity index (χ4n) is 3.42. The van der Waals surface area contributed by atoms with Crippen molar-refractivity contribution in [3.63, 3.8) is 0 Å². The van der Waals surface area contributed by atoms with Gasteiger partial charge in [0.15, 0.2) is 5.69 Å². The molecule has 0 radical (unpaired) electrons. The smallest absolute Gasteiger partial charge is 0.308 e. The molecule has 0 spiro atoms. The van der Waals surface area contributed by atoms with E-state index in [1.54, 1.807) is 25.1 Å². The molecule has 1 heterocycles. The van der Waals surface area contributed by atoms with Crippen LogP contribution < -0.4 is 5.32 Å². The molecule has 2 atom stereocenters. The van der Waals surface area contributed by atoms with Crippen LogP contribution in [0.15, 0.2) is 36.5 Å². The van der Waals surface area contributed by atoms with Crippen LogP contribution in [0.2, 0.25) is 0 Å². The highest BCUT2D eigenvalue weighted by molar-refractivity contribution is 5.93. The second-order valence-corrected chi connectivity index (χ2v) is 6.61. The summed E-state index contributed by atoms with van der Waals surface area (Å²) in [6, 6.07) is 7.63. The van der Waals surface area contributed by atoms with Crippen molar-refractivity contribution >= 4 is 11.9 Å². The van der Waals surface area contributed by atoms with Crippen LogP contribution in [0.3, 0.4) is 0 Å². The topological polar surface area (TPSA) is 84.2 Å². The number of carbonyl (C=O) groups is 2. The molecule has 132 valence electrons. The third-order valence-electron chi connectivity index (χ3n) is 4.83. The molecular weight excluding hydrogens is 325 g/mol. The molecule has 1 aliphatic carbocycles. The van der Waals surface area contributed by atoms with Crippen molar-refractivity contribution in [2.75, 3.05) is 0 Å². The fraction of sp³-hybridized carbons (Fsp3) is 0.389. The summed E-state index contributed by atoms with van der Waals surface area (Å²) in [5.74, 6) is -2.42. The van der Waals surface area contributed by atoms with Crippen molar-refractivity contribution in [1.29, 1.82) is 0 Å². The second kappa shape index (κ2) is 6.66. The number of benzene rings is 1. The third-order valence-corrected chi connectivity index (χ3v) is 4.83. The van der Waals surface area contributed by atoms with E-state index in [2.05, 4.69) is 10.4 Å². The minimum Gasteiger partial charge on any atom is -0.481 e. The van der Waals surface area contributed by atoms with E-state index in [4.69, 9.17) is 0 Å². The highest BCUT2D eigenvalue weighted by Crippen LogP contribution is 2.34. The summed E-state index contributed by atoms with van der Waals surface area (Å²) in [5, 5.41) is 16.4. The van der Waals surface area contributed by atoms with Crippen molar-refractivity contribution in [3.8, 4) is 5.69 Å². The molecule has 7 heteroatoms. The number of nitrogens with zero attached hydrogens (tertiary/aromatic N) is 2. The van der Waals surface area contributed by atoms with Crippen LogP contribution in [0.5, 0.6) is 0 Å². The number of halogens is 1. The van der Waals surface area contributed by atoms with E-state index in [0.717, 1.165) is 12.8 Å². The highest BCUT2D eigenvalue weighted by atomic mass is 19.1. The average molecular weight is 345 g/mol. The summed E-state index contributed by atoms with van der Waals surface area (Å²) >= 11 is 0. The lowest BCUT2D eigenvalue weighted by Gasteiger charge is -2.39. The van der Waals surface area contributed by atoms with Crippen LogP contribution in [0.25, 0.3) is 5.69 Å². The molecule has 2 N–H and O–H groups in total. The molecule has 0 bridgehead atoms. The van der Waals surface area contributed by atoms with Crippen molar-refractivity contribution in [2.45, 2.75) is 38.1 Å². The highest BCUT2D eigenvalue weighted by Gasteiger charge is 2.42. The Bertz CT molecular complexity index is 804. The van der Waals surface area contributed by atoms with Gasteiger partial charge in [0.05, 0.1) is 11.5 Å². The maximum atomic E-state index is 13.8. The first-order chi connectivity index (χ1) is 11.9. The van der Waals surface area contributed by atoms with E-state index < -0.39 is 29.2 Å². The zero-order valence-corrected chi connectivity index (χ0v) is 13.9. The Labute approximate surface area is 144 Å². The zero-order valence-electron chi connectivity index (χ0n) is 13.9. The Morgan fingerprint density at radius 3 is 2.80 bits per heavy atom. The summed E-state index contributed by atoms with van der Waals surface area (Å²) in [5.41, 5.74) is -0.448. The fourth-order valence-corrected chi connectivity index (χ4v) is 3.42. The minimum absolute atomic E-state index is 0.124. The molecule has 1 fully saturated rings. The molecule has 0 aliphatic heterocycles. The molecule has 6 nitrogen and oxygen atoms in total. The van der Waals surface area contributed by atoms with Gasteiger partial charge in [-0.2, -0.15) is 5.10 Å². The van der Waals surface area contributed by atoms with Crippen molar-refractivity contribution in [1.82, 2.24) is 15.1 Å². The number of hydrogen-bond acceptors (Lipinski definition) is 3. The molecule has 3 rings (SSSR count). The normalized spacial score (nSPS) is 23.2. The van der Waals surface area contributed by atoms with Crippen LogP contribution in [0, 0.1) is 11.7 Å². The standard InChI is InChI=1S/C18H20FN3O3/c1-18(10-5-4-6-12(18)17(24)25)20-16(23)14-9-11-22(21-14)15-8-3-2-7-13(15)19/h2-3,7-9,11-12H,4-6,10H2,1H3,(H,20,23)(H,24,25). The Morgan fingerprint density at radius 1 is 1.32 bits per heavy atom. The Hall–Kier alpha value is -2.70. The van der Waals surface area contributed by atoms with Crippen molar-refractivity contribution < 1.29 is 19.1 Å². The number of rotatable bonds is 4. The monoisotopic (exact) mass is 345 g/mol. The van der Waals surface area contributed by atoms with Crippen LogP contribution in [0.4, 0.5) is 4.39 Å². The molecular formula is C18H20FN3O3. The van der Waals surface area contributed by atoms with Gasteiger partial charge in [0.25, 0.3) is 5.91 Å². The summed E-state index contributed by atoms with van der Waals surface area (Å²) < 4.78 is 15.1. The van der Waals surface area contributed by atoms with Gasteiger partial charge in [-0.05, 0) is 38.0 Å². The number of carboxylic acid groups (broad SMARTS) is 1. The first-order valence-electron chi connectivity index (χ1n) is 8.26. The number of aliphatic carboxylic acids is 1. The van der Waals surface area contributed by atoms with Crippen LogP contribution in [0.1, 0.15) is 43.1 Å². The van der Waals surface area contributed by atoms with Gasteiger partial charge in [-0.1, -0.05) is 25.0 Å². The quantitative estimate of drug-likeness (QED) is 0.892. The predicted octanol–water partition coefficient (Wildman–Crippen LogP) is 2.77. The molecule has 2 unspecified atom stereocenters. The predicted molar refractivity (Wildman–Crippen MR) is 89.0 cm³/mol. The summed E-state index contributed by atoms with van der Waals surface area (Å²) in [6.45, 7) is 1.76. The second-order valence-electron chi connectivity index (χ2n) is 6.61. The summed E-state index contributed by atoms with van der Waals surface area (Å²) in [6.07, 6.45) is 4.35. The molecule has 1 amide bonds. The van der Waals surface area contributed by atoms with E-state index in [1.165, 1.54) is 23.0 Å². The van der Waals surface area contributed by atoms with Gasteiger partial charge >= 0.3 is 5.97 Å². The van der Waals surface area contributed by atoms with Gasteiger partial charge in [0, 0.05) is 6.20 Å². The van der Waals surface area contributed by atoms with Gasteiger partial charge in [0.2, 0.25) is 0 Å². The first kappa shape index (κ1) is 17.1. The summed E-state index contributed by atoms with van der Waals surface area (Å²) in [7, 11) is 0. The molecule has 1 aliphatic rings. The number of para-hydroxylation sites is 1. The number of aromatic nitrogens is 2. The van der Waals surface area contributed by atoms with E-state index in [-0.39, 0.29) is 11.4 Å². The van der Waals surface area contributed by atoms with Gasteiger partial charge in [-0.25, -0.2) is 9.07 Å². The van der Waals surface area contributed by atoms with E-state index in [9.17, 15) is 19.1 Å². The lowest BCUT2D eigenvalue weighted by atomic mass is 9.74. The van der Waals surface area contributed by atoms with Crippen LogP contribution in [-0.4, -0.2) is 32.3 Å². The maximum absolute atomic E-state index is 13.8. The number of hydrogen-bond donors (Lipinski definition) is 2. The molecule has 25 heavy (non-hydrogen) atoms. The number of carbonyl (C=O) groups excluding carboxylic acids is 1. The summed E-state index contributed by atoms with van der Waals surface area (Å²) in [4.78, 5) is 24.0. The molecule has 1 saturated carbocycles. The SMILES string of the molecule is CC1(NC(=O)c2ccn(-c3ccccc3F)n2)CCCCC1C(=O)O. The maximum Gasteiger partial charge on any atom is 0.308 e. The number of carboxylic acids is 1. The van der Waals surface area contributed by atoms with Crippen molar-refractivity contribution in [3.05, 3.63) is 48.0 Å². The van der Waals surface area contributed by atoms with Crippen LogP contribution in [-0.2, 0) is 4.79 Å². The average Bonchev–Trinajstić information content (AvgIpc) is 3.05. The lowest BCUT2D eigenvalue weighted by Crippen LogP contribution is -2.55. The van der Waals surface area contributed by atoms with Gasteiger partial charge < -0.3 is 10.4 Å². The Balaban J connectivity index is 1.80. The third kappa shape index (κ3) is 3.40. The van der Waals surface area contributed by atoms with Crippen LogP contribution >= 0.6 is 0 Å². The van der Waals surface area contributed by atoms with Crippen molar-refractivity contribution in [2.24, 2.45) is 5.92 Å². The van der Waals surface area contributed by atoms with Gasteiger partial charge in [-0.3, -0.25) is 9.59 Å². The largest absolute Gasteiger partial charge is 0.481 e. The molecule has 1 aromatic carbocycles. The minimum atomic E-state index is -0.903.